The van der Waals surface area contributed by atoms with E-state index >= 15 is 0 Å². The summed E-state index contributed by atoms with van der Waals surface area (Å²) in [5.74, 6) is 0. The van der Waals surface area contributed by atoms with E-state index < -0.39 is 0 Å². The minimum atomic E-state index is 0.135. The molecule has 0 fully saturated rings. The van der Waals surface area contributed by atoms with Gasteiger partial charge in [-0.15, -0.1) is 0 Å². The number of nitrogens with zero attached hydrogens (tertiary/aromatic N) is 1. The van der Waals surface area contributed by atoms with Crippen molar-refractivity contribution in [3.05, 3.63) is 0 Å². The fraction of sp³-hybridized carbons (Fsp3) is 1.00. The zero-order chi connectivity index (χ0) is 16.5. The SMILES string of the molecule is CCCCCCNCCCN(CCCCCC)C(N)CCN. The van der Waals surface area contributed by atoms with Gasteiger partial charge in [-0.1, -0.05) is 52.4 Å². The molecular weight excluding hydrogens is 272 g/mol. The van der Waals surface area contributed by atoms with Crippen LogP contribution in [0.15, 0.2) is 0 Å². The molecule has 134 valence electrons. The second kappa shape index (κ2) is 17.2. The van der Waals surface area contributed by atoms with Gasteiger partial charge in [0.2, 0.25) is 0 Å². The molecule has 4 nitrogen and oxygen atoms in total. The standard InChI is InChI=1S/C18H42N4/c1-3-5-7-9-14-21-15-11-17-22(18(20)12-13-19)16-10-8-6-4-2/h18,21H,3-17,19-20H2,1-2H3. The van der Waals surface area contributed by atoms with Crippen LogP contribution in [-0.4, -0.2) is 43.8 Å². The van der Waals surface area contributed by atoms with Crippen molar-refractivity contribution in [2.24, 2.45) is 11.5 Å². The fourth-order valence-electron chi connectivity index (χ4n) is 2.75. The van der Waals surface area contributed by atoms with Crippen molar-refractivity contribution in [1.82, 2.24) is 10.2 Å². The van der Waals surface area contributed by atoms with Gasteiger partial charge in [0, 0.05) is 6.54 Å². The lowest BCUT2D eigenvalue weighted by Gasteiger charge is -2.28. The lowest BCUT2D eigenvalue weighted by molar-refractivity contribution is 0.185. The van der Waals surface area contributed by atoms with Crippen LogP contribution in [0.25, 0.3) is 0 Å². The number of nitrogens with one attached hydrogen (secondary N) is 1. The van der Waals surface area contributed by atoms with Gasteiger partial charge in [-0.2, -0.15) is 0 Å². The largest absolute Gasteiger partial charge is 0.330 e. The Morgan fingerprint density at radius 3 is 2.05 bits per heavy atom. The van der Waals surface area contributed by atoms with Crippen molar-refractivity contribution in [3.63, 3.8) is 0 Å². The van der Waals surface area contributed by atoms with Crippen LogP contribution in [0.2, 0.25) is 0 Å². The molecule has 0 aliphatic heterocycles. The molecule has 0 rings (SSSR count). The lowest BCUT2D eigenvalue weighted by atomic mass is 10.2. The summed E-state index contributed by atoms with van der Waals surface area (Å²) in [6.07, 6.45) is 12.8. The monoisotopic (exact) mass is 314 g/mol. The fourth-order valence-corrected chi connectivity index (χ4v) is 2.75. The molecule has 0 saturated heterocycles. The number of nitrogens with two attached hydrogens (primary N) is 2. The third kappa shape index (κ3) is 13.5. The summed E-state index contributed by atoms with van der Waals surface area (Å²) in [4.78, 5) is 2.43. The summed E-state index contributed by atoms with van der Waals surface area (Å²) < 4.78 is 0. The van der Waals surface area contributed by atoms with E-state index in [0.717, 1.165) is 32.6 Å². The summed E-state index contributed by atoms with van der Waals surface area (Å²) in [6, 6.07) is 0. The third-order valence-corrected chi connectivity index (χ3v) is 4.24. The number of rotatable bonds is 17. The van der Waals surface area contributed by atoms with Crippen LogP contribution in [0.3, 0.4) is 0 Å². The molecule has 0 heterocycles. The van der Waals surface area contributed by atoms with Crippen molar-refractivity contribution in [3.8, 4) is 0 Å². The Balaban J connectivity index is 3.73. The molecule has 0 aromatic carbocycles. The van der Waals surface area contributed by atoms with Gasteiger partial charge >= 0.3 is 0 Å². The zero-order valence-corrected chi connectivity index (χ0v) is 15.3. The summed E-state index contributed by atoms with van der Waals surface area (Å²) in [5, 5.41) is 3.55. The van der Waals surface area contributed by atoms with E-state index in [9.17, 15) is 0 Å². The van der Waals surface area contributed by atoms with E-state index in [4.69, 9.17) is 11.5 Å². The molecule has 0 amide bonds. The minimum absolute atomic E-state index is 0.135. The highest BCUT2D eigenvalue weighted by Crippen LogP contribution is 2.05. The zero-order valence-electron chi connectivity index (χ0n) is 15.3. The molecule has 0 aromatic rings. The van der Waals surface area contributed by atoms with Crippen LogP contribution in [-0.2, 0) is 0 Å². The second-order valence-electron chi connectivity index (χ2n) is 6.41. The maximum atomic E-state index is 6.26. The molecule has 0 saturated carbocycles. The van der Waals surface area contributed by atoms with E-state index in [2.05, 4.69) is 24.1 Å². The van der Waals surface area contributed by atoms with Crippen LogP contribution in [0.5, 0.6) is 0 Å². The highest BCUT2D eigenvalue weighted by molar-refractivity contribution is 4.67. The first-order chi connectivity index (χ1) is 10.8. The molecule has 0 bridgehead atoms. The van der Waals surface area contributed by atoms with Crippen molar-refractivity contribution < 1.29 is 0 Å². The Morgan fingerprint density at radius 2 is 1.41 bits per heavy atom. The van der Waals surface area contributed by atoms with Crippen molar-refractivity contribution >= 4 is 0 Å². The van der Waals surface area contributed by atoms with E-state index in [1.165, 1.54) is 57.8 Å². The maximum Gasteiger partial charge on any atom is 0.0583 e. The minimum Gasteiger partial charge on any atom is -0.330 e. The molecular formula is C18H42N4. The Labute approximate surface area is 139 Å². The smallest absolute Gasteiger partial charge is 0.0583 e. The molecule has 0 aliphatic carbocycles. The van der Waals surface area contributed by atoms with Crippen molar-refractivity contribution in [2.45, 2.75) is 84.2 Å². The van der Waals surface area contributed by atoms with Crippen LogP contribution in [0.1, 0.15) is 78.1 Å². The maximum absolute atomic E-state index is 6.26. The molecule has 1 atom stereocenters. The van der Waals surface area contributed by atoms with Gasteiger partial charge in [0.25, 0.3) is 0 Å². The van der Waals surface area contributed by atoms with Crippen LogP contribution in [0.4, 0.5) is 0 Å². The van der Waals surface area contributed by atoms with Gasteiger partial charge in [-0.3, -0.25) is 4.90 Å². The third-order valence-electron chi connectivity index (χ3n) is 4.24. The predicted octanol–water partition coefficient (Wildman–Crippen LogP) is 3.06. The Kier molecular flexibility index (Phi) is 17.1. The van der Waals surface area contributed by atoms with Gasteiger partial charge in [-0.25, -0.2) is 0 Å². The number of hydrogen-bond acceptors (Lipinski definition) is 4. The number of unbranched alkanes of at least 4 members (excludes halogenated alkanes) is 6. The molecule has 0 spiro atoms. The predicted molar refractivity (Wildman–Crippen MR) is 99.0 cm³/mol. The van der Waals surface area contributed by atoms with Crippen LogP contribution < -0.4 is 16.8 Å². The molecule has 0 radical (unpaired) electrons. The first kappa shape index (κ1) is 21.8. The molecule has 0 aliphatic rings. The first-order valence-electron chi connectivity index (χ1n) is 9.66. The van der Waals surface area contributed by atoms with Crippen molar-refractivity contribution in [2.75, 3.05) is 32.7 Å². The van der Waals surface area contributed by atoms with Crippen LogP contribution in [0, 0.1) is 0 Å². The molecule has 1 unspecified atom stereocenters. The normalized spacial score (nSPS) is 13.0. The Hall–Kier alpha value is -0.160. The van der Waals surface area contributed by atoms with Gasteiger partial charge < -0.3 is 16.8 Å². The molecule has 0 aromatic heterocycles. The second-order valence-corrected chi connectivity index (χ2v) is 6.41. The van der Waals surface area contributed by atoms with E-state index in [1.807, 2.05) is 0 Å². The van der Waals surface area contributed by atoms with E-state index in [1.54, 1.807) is 0 Å². The average Bonchev–Trinajstić information content (AvgIpc) is 2.52. The molecule has 4 heteroatoms. The first-order valence-corrected chi connectivity index (χ1v) is 9.66. The average molecular weight is 315 g/mol. The van der Waals surface area contributed by atoms with Gasteiger partial charge in [0.05, 0.1) is 6.17 Å². The summed E-state index contributed by atoms with van der Waals surface area (Å²) in [5.41, 5.74) is 11.9. The number of hydrogen-bond donors (Lipinski definition) is 3. The highest BCUT2D eigenvalue weighted by atomic mass is 15.2. The summed E-state index contributed by atoms with van der Waals surface area (Å²) in [6.45, 7) is 9.67. The van der Waals surface area contributed by atoms with Gasteiger partial charge in [0.15, 0.2) is 0 Å². The summed E-state index contributed by atoms with van der Waals surface area (Å²) >= 11 is 0. The lowest BCUT2D eigenvalue weighted by Crippen LogP contribution is -2.44. The Bertz CT molecular complexity index is 211. The quantitative estimate of drug-likeness (QED) is 0.285. The van der Waals surface area contributed by atoms with Gasteiger partial charge in [0.1, 0.15) is 0 Å². The molecule has 22 heavy (non-hydrogen) atoms. The van der Waals surface area contributed by atoms with Crippen molar-refractivity contribution in [1.29, 1.82) is 0 Å². The van der Waals surface area contributed by atoms with E-state index in [-0.39, 0.29) is 6.17 Å². The summed E-state index contributed by atoms with van der Waals surface area (Å²) in [7, 11) is 0. The topological polar surface area (TPSA) is 67.3 Å². The Morgan fingerprint density at radius 1 is 0.818 bits per heavy atom. The van der Waals surface area contributed by atoms with E-state index in [0.29, 0.717) is 6.54 Å². The molecule has 5 N–H and O–H groups in total. The van der Waals surface area contributed by atoms with Gasteiger partial charge in [-0.05, 0) is 51.9 Å². The highest BCUT2D eigenvalue weighted by Gasteiger charge is 2.12. The van der Waals surface area contributed by atoms with Crippen LogP contribution >= 0.6 is 0 Å².